The minimum atomic E-state index is -0.205. The van der Waals surface area contributed by atoms with Crippen LogP contribution in [0.3, 0.4) is 0 Å². The quantitative estimate of drug-likeness (QED) is 0.271. The maximum atomic E-state index is 13.2. The van der Waals surface area contributed by atoms with Crippen LogP contribution in [0.4, 0.5) is 5.88 Å². The number of thioether (sulfide) groups is 1. The largest absolute Gasteiger partial charge is 0.493 e. The number of oxazole rings is 1. The van der Waals surface area contributed by atoms with Gasteiger partial charge in [-0.15, -0.1) is 0 Å². The van der Waals surface area contributed by atoms with Gasteiger partial charge in [0.1, 0.15) is 10.4 Å². The topological polar surface area (TPSA) is 95.1 Å². The fourth-order valence-corrected chi connectivity index (χ4v) is 5.98. The Balaban J connectivity index is 1.22. The zero-order valence-corrected chi connectivity index (χ0v) is 24.0. The number of rotatable bonds is 9. The third-order valence-corrected chi connectivity index (χ3v) is 8.22. The molecule has 1 amide bonds. The number of ether oxygens (including phenoxy) is 2. The van der Waals surface area contributed by atoms with Crippen LogP contribution >= 0.6 is 24.0 Å². The monoisotopic (exact) mass is 575 g/mol. The Labute approximate surface area is 243 Å². The Morgan fingerprint density at radius 3 is 2.52 bits per heavy atom. The highest BCUT2D eigenvalue weighted by Gasteiger charge is 2.33. The molecule has 206 valence electrons. The standard InChI is InChI=1S/C29H29N5O4S2/c1-36-23-9-8-20(16-24(23)37-2)10-11-34-27(35)25(40-29(34)39)17-26-31-22(18-30)28(38-26)33-14-12-32(13-15-33)19-21-6-4-3-5-7-21/h3-9,16-17H,10-15,19H2,1-2H3/b25-17+. The molecule has 0 radical (unpaired) electrons. The summed E-state index contributed by atoms with van der Waals surface area (Å²) in [6.45, 7) is 4.42. The van der Waals surface area contributed by atoms with E-state index in [0.717, 1.165) is 25.2 Å². The lowest BCUT2D eigenvalue weighted by Crippen LogP contribution is -2.46. The van der Waals surface area contributed by atoms with Gasteiger partial charge in [0.15, 0.2) is 11.5 Å². The number of hydrogen-bond donors (Lipinski definition) is 0. The number of nitrogens with zero attached hydrogens (tertiary/aromatic N) is 5. The predicted molar refractivity (Wildman–Crippen MR) is 158 cm³/mol. The van der Waals surface area contributed by atoms with Crippen LogP contribution in [0.25, 0.3) is 6.08 Å². The number of thiocarbonyl (C=S) groups is 1. The van der Waals surface area contributed by atoms with E-state index in [9.17, 15) is 10.1 Å². The van der Waals surface area contributed by atoms with Crippen LogP contribution in [0.2, 0.25) is 0 Å². The Kier molecular flexibility index (Phi) is 8.69. The van der Waals surface area contributed by atoms with Crippen molar-refractivity contribution in [1.29, 1.82) is 5.26 Å². The van der Waals surface area contributed by atoms with Crippen molar-refractivity contribution in [3.05, 3.63) is 76.1 Å². The summed E-state index contributed by atoms with van der Waals surface area (Å²) >= 11 is 6.70. The molecular weight excluding hydrogens is 546 g/mol. The first kappa shape index (κ1) is 27.7. The highest BCUT2D eigenvalue weighted by molar-refractivity contribution is 8.26. The van der Waals surface area contributed by atoms with Crippen LogP contribution in [0.5, 0.6) is 11.5 Å². The molecular formula is C29H29N5O4S2. The van der Waals surface area contributed by atoms with E-state index in [-0.39, 0.29) is 17.5 Å². The highest BCUT2D eigenvalue weighted by Crippen LogP contribution is 2.34. The van der Waals surface area contributed by atoms with Gasteiger partial charge in [0.25, 0.3) is 5.91 Å². The van der Waals surface area contributed by atoms with Gasteiger partial charge in [0.2, 0.25) is 17.5 Å². The molecule has 2 aliphatic rings. The molecule has 0 saturated carbocycles. The van der Waals surface area contributed by atoms with E-state index < -0.39 is 0 Å². The number of carbonyl (C=O) groups is 1. The lowest BCUT2D eigenvalue weighted by Gasteiger charge is -2.34. The summed E-state index contributed by atoms with van der Waals surface area (Å²) in [6, 6.07) is 18.2. The molecule has 0 bridgehead atoms. The first-order chi connectivity index (χ1) is 19.5. The summed E-state index contributed by atoms with van der Waals surface area (Å²) in [5.74, 6) is 1.74. The van der Waals surface area contributed by atoms with Gasteiger partial charge >= 0.3 is 0 Å². The summed E-state index contributed by atoms with van der Waals surface area (Å²) in [6.07, 6.45) is 2.17. The van der Waals surface area contributed by atoms with Crippen molar-refractivity contribution in [1.82, 2.24) is 14.8 Å². The molecule has 3 heterocycles. The number of nitriles is 1. The third kappa shape index (κ3) is 6.14. The Morgan fingerprint density at radius 1 is 1.07 bits per heavy atom. The minimum Gasteiger partial charge on any atom is -0.493 e. The van der Waals surface area contributed by atoms with E-state index in [1.165, 1.54) is 17.3 Å². The molecule has 2 aliphatic heterocycles. The zero-order valence-electron chi connectivity index (χ0n) is 22.3. The Hall–Kier alpha value is -3.85. The maximum absolute atomic E-state index is 13.2. The minimum absolute atomic E-state index is 0.205. The molecule has 3 aromatic rings. The predicted octanol–water partition coefficient (Wildman–Crippen LogP) is 4.33. The van der Waals surface area contributed by atoms with E-state index in [4.69, 9.17) is 26.1 Å². The van der Waals surface area contributed by atoms with Gasteiger partial charge in [-0.2, -0.15) is 10.2 Å². The third-order valence-electron chi connectivity index (χ3n) is 6.84. The smallest absolute Gasteiger partial charge is 0.266 e. The van der Waals surface area contributed by atoms with Crippen LogP contribution in [-0.2, 0) is 17.8 Å². The molecule has 40 heavy (non-hydrogen) atoms. The molecule has 2 aromatic carbocycles. The van der Waals surface area contributed by atoms with Crippen molar-refractivity contribution in [2.24, 2.45) is 0 Å². The van der Waals surface area contributed by atoms with Crippen LogP contribution in [0.1, 0.15) is 22.7 Å². The van der Waals surface area contributed by atoms with Gasteiger partial charge in [-0.1, -0.05) is 60.4 Å². The van der Waals surface area contributed by atoms with E-state index in [1.54, 1.807) is 25.2 Å². The second-order valence-electron chi connectivity index (χ2n) is 9.34. The number of methoxy groups -OCH3 is 2. The molecule has 0 aliphatic carbocycles. The molecule has 11 heteroatoms. The van der Waals surface area contributed by atoms with Crippen LogP contribution in [0, 0.1) is 11.3 Å². The second kappa shape index (κ2) is 12.6. The average molecular weight is 576 g/mol. The van der Waals surface area contributed by atoms with Gasteiger partial charge in [0, 0.05) is 45.3 Å². The second-order valence-corrected chi connectivity index (χ2v) is 11.0. The fourth-order valence-electron chi connectivity index (χ4n) is 4.71. The van der Waals surface area contributed by atoms with E-state index in [1.807, 2.05) is 41.3 Å². The average Bonchev–Trinajstić information content (AvgIpc) is 3.51. The molecule has 0 spiro atoms. The molecule has 2 saturated heterocycles. The number of amides is 1. The Bertz CT molecular complexity index is 1460. The van der Waals surface area contributed by atoms with Crippen molar-refractivity contribution in [3.63, 3.8) is 0 Å². The van der Waals surface area contributed by atoms with Gasteiger partial charge in [-0.3, -0.25) is 14.6 Å². The van der Waals surface area contributed by atoms with Crippen LogP contribution in [-0.4, -0.2) is 72.0 Å². The van der Waals surface area contributed by atoms with Gasteiger partial charge in [-0.25, -0.2) is 0 Å². The van der Waals surface area contributed by atoms with E-state index >= 15 is 0 Å². The number of hydrogen-bond acceptors (Lipinski definition) is 10. The first-order valence-corrected chi connectivity index (χ1v) is 14.1. The molecule has 5 rings (SSSR count). The first-order valence-electron chi connectivity index (χ1n) is 12.9. The molecule has 0 N–H and O–H groups in total. The lowest BCUT2D eigenvalue weighted by molar-refractivity contribution is -0.122. The normalized spacial score (nSPS) is 17.0. The van der Waals surface area contributed by atoms with Crippen molar-refractivity contribution in [3.8, 4) is 17.6 Å². The van der Waals surface area contributed by atoms with E-state index in [0.29, 0.717) is 52.7 Å². The number of benzene rings is 2. The molecule has 0 unspecified atom stereocenters. The summed E-state index contributed by atoms with van der Waals surface area (Å²) in [4.78, 5) is 23.9. The maximum Gasteiger partial charge on any atom is 0.266 e. The Morgan fingerprint density at radius 2 is 1.82 bits per heavy atom. The highest BCUT2D eigenvalue weighted by atomic mass is 32.2. The van der Waals surface area contributed by atoms with Crippen LogP contribution in [0.15, 0.2) is 57.9 Å². The number of piperazine rings is 1. The fraction of sp³-hybridized carbons (Fsp3) is 0.310. The van der Waals surface area contributed by atoms with E-state index in [2.05, 4.69) is 28.1 Å². The van der Waals surface area contributed by atoms with Crippen molar-refractivity contribution in [2.75, 3.05) is 51.8 Å². The van der Waals surface area contributed by atoms with Crippen LogP contribution < -0.4 is 14.4 Å². The molecule has 2 fully saturated rings. The SMILES string of the molecule is COc1ccc(CCN2C(=O)/C(=C\c3nc(C#N)c(N4CCN(Cc5ccccc5)CC4)o3)SC2=S)cc1OC. The zero-order chi connectivity index (χ0) is 28.1. The summed E-state index contributed by atoms with van der Waals surface area (Å²) < 4.78 is 17.1. The van der Waals surface area contributed by atoms with Crippen molar-refractivity contribution >= 4 is 46.2 Å². The molecule has 1 aromatic heterocycles. The van der Waals surface area contributed by atoms with Crippen molar-refractivity contribution in [2.45, 2.75) is 13.0 Å². The van der Waals surface area contributed by atoms with Gasteiger partial charge in [0.05, 0.1) is 19.1 Å². The number of anilines is 1. The molecule has 0 atom stereocenters. The summed E-state index contributed by atoms with van der Waals surface area (Å²) in [7, 11) is 3.18. The lowest BCUT2D eigenvalue weighted by atomic mass is 10.1. The number of aromatic nitrogens is 1. The van der Waals surface area contributed by atoms with Gasteiger partial charge in [-0.05, 0) is 29.7 Å². The van der Waals surface area contributed by atoms with Gasteiger partial charge < -0.3 is 18.8 Å². The molecule has 9 nitrogen and oxygen atoms in total. The summed E-state index contributed by atoms with van der Waals surface area (Å²) in [5.41, 5.74) is 2.49. The summed E-state index contributed by atoms with van der Waals surface area (Å²) in [5, 5.41) is 9.71. The number of carbonyl (C=O) groups excluding carboxylic acids is 1. The van der Waals surface area contributed by atoms with Crippen molar-refractivity contribution < 1.29 is 18.7 Å².